The number of fused-ring (bicyclic) bond motifs is 1. The number of carbonyl (C=O) groups is 3. The summed E-state index contributed by atoms with van der Waals surface area (Å²) in [5, 5.41) is 21.2. The average molecular weight is 1360 g/mol. The Balaban J connectivity index is 0.000000538. The van der Waals surface area contributed by atoms with Gasteiger partial charge in [0.2, 0.25) is 29.0 Å². The first-order chi connectivity index (χ1) is 39.8. The molecule has 30 heteroatoms. The van der Waals surface area contributed by atoms with Gasteiger partial charge >= 0.3 is 11.7 Å². The van der Waals surface area contributed by atoms with Crippen molar-refractivity contribution >= 4 is 129 Å². The van der Waals surface area contributed by atoms with E-state index in [1.165, 1.54) is 6.07 Å². The predicted molar refractivity (Wildman–Crippen MR) is 349 cm³/mol. The Bertz CT molecular complexity index is 3030. The second-order valence-corrected chi connectivity index (χ2v) is 28.1. The van der Waals surface area contributed by atoms with E-state index in [0.29, 0.717) is 64.1 Å². The molecule has 6 rings (SSSR count). The molecule has 0 radical (unpaired) electrons. The summed E-state index contributed by atoms with van der Waals surface area (Å²) in [6.45, 7) is 26.7. The number of ether oxygens (including phenoxy) is 3. The summed E-state index contributed by atoms with van der Waals surface area (Å²) in [5.74, 6) is 0.217. The molecule has 1 aliphatic heterocycles. The number of alkyl halides is 3. The van der Waals surface area contributed by atoms with Crippen LogP contribution in [-0.2, 0) is 46.4 Å². The van der Waals surface area contributed by atoms with Crippen molar-refractivity contribution in [3.63, 3.8) is 0 Å². The highest BCUT2D eigenvalue weighted by Crippen LogP contribution is 2.36. The zero-order chi connectivity index (χ0) is 66.0. The molecule has 0 bridgehead atoms. The first-order valence-corrected chi connectivity index (χ1v) is 33.5. The van der Waals surface area contributed by atoms with Gasteiger partial charge in [-0.15, -0.1) is 16.7 Å². The van der Waals surface area contributed by atoms with Crippen LogP contribution < -0.4 is 45.9 Å². The van der Waals surface area contributed by atoms with E-state index in [4.69, 9.17) is 98.2 Å². The summed E-state index contributed by atoms with van der Waals surface area (Å²) in [6, 6.07) is 16.4. The zero-order valence-corrected chi connectivity index (χ0v) is 57.9. The summed E-state index contributed by atoms with van der Waals surface area (Å²) in [5.41, 5.74) is 3.81. The molecule has 2 amide bonds. The molecule has 3 atom stereocenters. The number of para-hydroxylation sites is 3. The van der Waals surface area contributed by atoms with Gasteiger partial charge in [0.25, 0.3) is 5.91 Å². The largest absolute Gasteiger partial charge is 0.778 e. The minimum Gasteiger partial charge on any atom is -0.778 e. The van der Waals surface area contributed by atoms with Crippen molar-refractivity contribution in [1.82, 2.24) is 30.0 Å². The van der Waals surface area contributed by atoms with Gasteiger partial charge in [-0.2, -0.15) is 19.6 Å². The van der Waals surface area contributed by atoms with Gasteiger partial charge in [0.05, 0.1) is 83.5 Å². The quantitative estimate of drug-likeness (QED) is 0.0328. The Morgan fingerprint density at radius 1 is 0.942 bits per heavy atom. The normalized spacial score (nSPS) is 13.6. The summed E-state index contributed by atoms with van der Waals surface area (Å²) in [6.07, 6.45) is 6.69. The van der Waals surface area contributed by atoms with Crippen molar-refractivity contribution in [3.05, 3.63) is 97.5 Å². The maximum Gasteiger partial charge on any atom is 0.442 e. The molecule has 0 fully saturated rings. The standard InChI is InChI=1S/C15H18Cl2N2O3.C15H22ClNO2.C11H11Cl2NO2.C9H16ClN5.C3H8NO5P.C3H9S/c1-8(2)21-12-7-11(9(16)6-10(12)17)19-14(20)22-13(18-19)15(3,4)5;1-5-13-8-6-7-11(2)15(13)17(14(18)9-16)12(3)10-19-4;1-7-6-16-9-5-3-2-4-8(9)14(7)11(15)10(12)13;1-5-11-7-12-6(10)13-8(14-7)15-9(2,3)4;5-3(6)1-4-2-10(7,8)9;1-4(2)3/h6-8H,1-5H3;6-8,12H,5,9-10H2,1-4H3;2-5,7,10H,6H2,1H3;5H2,1-4H3,(H2,11,12,13,14,15);4H,1-2H2,(H,5,6)(H2,7,8,9);1-3H3/q;;;;;+1/p-1. The number of hydrogen-bond donors (Lipinski definition) is 5. The third kappa shape index (κ3) is 29.1. The molecular formula is C56H83Cl6N10O12PS. The number of anilines is 4. The maximum atomic E-state index is 12.2. The van der Waals surface area contributed by atoms with Crippen LogP contribution in [-0.4, -0.2) is 145 Å². The highest BCUT2D eigenvalue weighted by Gasteiger charge is 2.32. The number of carboxylic acid groups (broad SMARTS) is 1. The Morgan fingerprint density at radius 3 is 2.05 bits per heavy atom. The van der Waals surface area contributed by atoms with Gasteiger partial charge in [-0.1, -0.05) is 104 Å². The van der Waals surface area contributed by atoms with Gasteiger partial charge < -0.3 is 58.5 Å². The number of benzene rings is 3. The highest BCUT2D eigenvalue weighted by molar-refractivity contribution is 7.94. The molecule has 5 aromatic rings. The van der Waals surface area contributed by atoms with Gasteiger partial charge in [0.1, 0.15) is 31.6 Å². The van der Waals surface area contributed by atoms with Gasteiger partial charge in [-0.25, -0.2) is 4.79 Å². The van der Waals surface area contributed by atoms with Gasteiger partial charge in [0, 0.05) is 30.7 Å². The van der Waals surface area contributed by atoms with Crippen molar-refractivity contribution in [2.24, 2.45) is 0 Å². The van der Waals surface area contributed by atoms with E-state index in [0.717, 1.165) is 40.1 Å². The number of aromatic nitrogens is 5. The lowest BCUT2D eigenvalue weighted by Crippen LogP contribution is -2.47. The van der Waals surface area contributed by atoms with E-state index in [-0.39, 0.29) is 57.1 Å². The average Bonchev–Trinajstić information content (AvgIpc) is 1.52. The molecular weight excluding hydrogens is 1280 g/mol. The lowest BCUT2D eigenvalue weighted by molar-refractivity contribution is -0.193. The lowest BCUT2D eigenvalue weighted by Gasteiger charge is -2.35. The van der Waals surface area contributed by atoms with E-state index in [2.05, 4.69) is 62.4 Å². The highest BCUT2D eigenvalue weighted by atomic mass is 35.5. The van der Waals surface area contributed by atoms with E-state index < -0.39 is 37.0 Å². The van der Waals surface area contributed by atoms with Crippen LogP contribution in [0.2, 0.25) is 15.3 Å². The summed E-state index contributed by atoms with van der Waals surface area (Å²) in [4.78, 5) is 78.3. The van der Waals surface area contributed by atoms with Gasteiger partial charge in [-0.3, -0.25) is 19.7 Å². The number of carbonyl (C=O) groups excluding carboxylic acids is 2. The third-order valence-corrected chi connectivity index (χ3v) is 12.4. The van der Waals surface area contributed by atoms with E-state index in [1.807, 2.05) is 125 Å². The molecule has 2 aromatic heterocycles. The minimum absolute atomic E-state index is 0.0223. The van der Waals surface area contributed by atoms with Crippen molar-refractivity contribution in [2.75, 3.05) is 84.8 Å². The van der Waals surface area contributed by atoms with Crippen molar-refractivity contribution in [3.8, 4) is 17.2 Å². The fraction of sp³-hybridized carbons (Fsp3) is 0.536. The summed E-state index contributed by atoms with van der Waals surface area (Å²) in [7, 11) is -2.07. The third-order valence-electron chi connectivity index (χ3n) is 10.4. The van der Waals surface area contributed by atoms with Crippen LogP contribution in [0.25, 0.3) is 5.69 Å². The number of rotatable bonds is 17. The Hall–Kier alpha value is -4.62. The van der Waals surface area contributed by atoms with Crippen LogP contribution in [0.15, 0.2) is 63.8 Å². The van der Waals surface area contributed by atoms with Crippen LogP contribution in [0.4, 0.5) is 23.3 Å². The minimum atomic E-state index is -4.35. The van der Waals surface area contributed by atoms with Crippen LogP contribution >= 0.6 is 77.2 Å². The van der Waals surface area contributed by atoms with Crippen molar-refractivity contribution in [1.29, 1.82) is 0 Å². The molecule has 22 nitrogen and oxygen atoms in total. The molecule has 482 valence electrons. The number of halogens is 6. The Labute approximate surface area is 538 Å². The van der Waals surface area contributed by atoms with Crippen molar-refractivity contribution < 1.29 is 52.5 Å². The lowest BCUT2D eigenvalue weighted by atomic mass is 9.97. The maximum absolute atomic E-state index is 12.2. The monoisotopic (exact) mass is 1360 g/mol. The number of carboxylic acids is 1. The molecule has 3 unspecified atom stereocenters. The zero-order valence-electron chi connectivity index (χ0n) is 51.7. The van der Waals surface area contributed by atoms with Crippen LogP contribution in [0.1, 0.15) is 100 Å². The molecule has 0 saturated heterocycles. The van der Waals surface area contributed by atoms with Crippen LogP contribution in [0, 0.1) is 6.92 Å². The van der Waals surface area contributed by atoms with Crippen LogP contribution in [0.3, 0.4) is 0 Å². The number of nitrogens with zero attached hydrogens (tertiary/aromatic N) is 7. The number of nitrogens with one attached hydrogen (secondary N) is 3. The Kier molecular flexibility index (Phi) is 35.1. The number of amides is 2. The first-order valence-electron chi connectivity index (χ1n) is 26.8. The number of methoxy groups -OCH3 is 1. The fourth-order valence-corrected chi connectivity index (χ4v) is 8.50. The summed E-state index contributed by atoms with van der Waals surface area (Å²) >= 11 is 35.1. The van der Waals surface area contributed by atoms with Crippen LogP contribution in [0.5, 0.6) is 11.5 Å². The molecule has 3 aromatic carbocycles. The number of aliphatic carboxylic acids is 1. The smallest absolute Gasteiger partial charge is 0.442 e. The summed E-state index contributed by atoms with van der Waals surface area (Å²) < 4.78 is 32.6. The Morgan fingerprint density at radius 2 is 1.55 bits per heavy atom. The first kappa shape index (κ1) is 79.4. The molecule has 0 aliphatic carbocycles. The SMILES string of the molecule is CC(C)Oc1cc(-n2nc(C(C)(C)C)oc2=O)c(Cl)cc1Cl.CC1COc2ccccc2N1C(=O)C(Cl)Cl.CCNc1nc(Cl)nc(NC(C)(C)C)n1.CCc1cccc(C)c1N(C(=O)CCl)C(C)COC.C[S+](C)C.O=C(O)CNCP(=O)([O-])O. The van der Waals surface area contributed by atoms with E-state index in [1.54, 1.807) is 23.0 Å². The van der Waals surface area contributed by atoms with Crippen molar-refractivity contribution in [2.45, 2.75) is 130 Å². The predicted octanol–water partition coefficient (Wildman–Crippen LogP) is 10.8. The number of aryl methyl sites for hydroxylation is 2. The molecule has 3 heterocycles. The molecule has 1 aliphatic rings. The van der Waals surface area contributed by atoms with Gasteiger partial charge in [0.15, 0.2) is 4.84 Å². The number of hydrogen-bond acceptors (Lipinski definition) is 17. The molecule has 5 N–H and O–H groups in total. The molecule has 0 spiro atoms. The van der Waals surface area contributed by atoms with E-state index in [9.17, 15) is 28.6 Å². The fourth-order valence-electron chi connectivity index (χ4n) is 7.10. The van der Waals surface area contributed by atoms with Gasteiger partial charge in [-0.05, 0) is 121 Å². The second kappa shape index (κ2) is 38.0. The molecule has 0 saturated carbocycles. The topological polar surface area (TPSA) is 289 Å². The second-order valence-electron chi connectivity index (χ2n) is 21.5. The van der Waals surface area contributed by atoms with E-state index >= 15 is 0 Å². The molecule has 86 heavy (non-hydrogen) atoms.